The van der Waals surface area contributed by atoms with Crippen molar-refractivity contribution < 1.29 is 4.79 Å². The van der Waals surface area contributed by atoms with E-state index in [0.717, 1.165) is 38.2 Å². The maximum absolute atomic E-state index is 11.8. The minimum Gasteiger partial charge on any atom is -0.372 e. The molecule has 6 N–H and O–H groups in total. The van der Waals surface area contributed by atoms with E-state index < -0.39 is 0 Å². The van der Waals surface area contributed by atoms with E-state index in [9.17, 15) is 4.79 Å². The van der Waals surface area contributed by atoms with Crippen molar-refractivity contribution in [3.05, 3.63) is 24.3 Å². The number of nitrogens with two attached hydrogens (primary N) is 1. The Bertz CT molecular complexity index is 563. The molecule has 1 aromatic carbocycles. The van der Waals surface area contributed by atoms with Crippen LogP contribution in [0.25, 0.3) is 0 Å². The summed E-state index contributed by atoms with van der Waals surface area (Å²) in [6.07, 6.45) is 2.15. The summed E-state index contributed by atoms with van der Waals surface area (Å²) >= 11 is 0. The zero-order valence-electron chi connectivity index (χ0n) is 15.1. The van der Waals surface area contributed by atoms with Gasteiger partial charge in [-0.3, -0.25) is 10.2 Å². The molecule has 7 nitrogen and oxygen atoms in total. The van der Waals surface area contributed by atoms with Crippen LogP contribution in [0.2, 0.25) is 0 Å². The highest BCUT2D eigenvalue weighted by Crippen LogP contribution is 2.24. The van der Waals surface area contributed by atoms with Crippen molar-refractivity contribution in [1.82, 2.24) is 10.6 Å². The number of nitrogens with zero attached hydrogens (tertiary/aromatic N) is 1. The fourth-order valence-corrected chi connectivity index (χ4v) is 2.92. The molecule has 1 heterocycles. The van der Waals surface area contributed by atoms with E-state index in [4.69, 9.17) is 11.1 Å². The second-order valence-corrected chi connectivity index (χ2v) is 6.86. The van der Waals surface area contributed by atoms with E-state index >= 15 is 0 Å². The molecule has 1 fully saturated rings. The molecule has 25 heavy (non-hydrogen) atoms. The zero-order valence-corrected chi connectivity index (χ0v) is 15.1. The predicted octanol–water partition coefficient (Wildman–Crippen LogP) is 1.32. The summed E-state index contributed by atoms with van der Waals surface area (Å²) in [6.45, 7) is 7.19. The quantitative estimate of drug-likeness (QED) is 0.378. The van der Waals surface area contributed by atoms with E-state index in [-0.39, 0.29) is 11.9 Å². The molecule has 1 saturated heterocycles. The fraction of sp³-hybridized carbons (Fsp3) is 0.556. The van der Waals surface area contributed by atoms with Gasteiger partial charge in [-0.1, -0.05) is 13.8 Å². The molecular weight excluding hydrogens is 316 g/mol. The van der Waals surface area contributed by atoms with Crippen LogP contribution in [0.15, 0.2) is 24.3 Å². The summed E-state index contributed by atoms with van der Waals surface area (Å²) < 4.78 is 0. The first-order valence-corrected chi connectivity index (χ1v) is 8.90. The van der Waals surface area contributed by atoms with Crippen LogP contribution in [-0.2, 0) is 4.79 Å². The Morgan fingerprint density at radius 3 is 2.48 bits per heavy atom. The van der Waals surface area contributed by atoms with Gasteiger partial charge in [-0.25, -0.2) is 0 Å². The van der Waals surface area contributed by atoms with E-state index in [1.165, 1.54) is 5.69 Å². The molecule has 1 aliphatic heterocycles. The van der Waals surface area contributed by atoms with Crippen LogP contribution in [0.1, 0.15) is 26.7 Å². The molecule has 0 atom stereocenters. The molecule has 1 aliphatic rings. The lowest BCUT2D eigenvalue weighted by Crippen LogP contribution is -2.42. The second-order valence-electron chi connectivity index (χ2n) is 6.86. The van der Waals surface area contributed by atoms with E-state index in [1.807, 2.05) is 38.1 Å². The highest BCUT2D eigenvalue weighted by atomic mass is 16.1. The number of nitrogens with one attached hydrogen (secondary N) is 4. The number of guanidine groups is 1. The Balaban J connectivity index is 1.72. The van der Waals surface area contributed by atoms with Crippen LogP contribution < -0.4 is 26.6 Å². The Kier molecular flexibility index (Phi) is 7.06. The van der Waals surface area contributed by atoms with Gasteiger partial charge in [-0.05, 0) is 43.0 Å². The molecule has 2 rings (SSSR count). The number of anilines is 2. The third kappa shape index (κ3) is 6.62. The van der Waals surface area contributed by atoms with Crippen molar-refractivity contribution in [1.29, 1.82) is 5.41 Å². The van der Waals surface area contributed by atoms with Gasteiger partial charge in [0.1, 0.15) is 0 Å². The van der Waals surface area contributed by atoms with Gasteiger partial charge in [-0.2, -0.15) is 0 Å². The normalized spacial score (nSPS) is 15.2. The van der Waals surface area contributed by atoms with E-state index in [1.54, 1.807) is 0 Å². The minimum absolute atomic E-state index is 0.0563. The minimum atomic E-state index is -0.0563. The smallest absolute Gasteiger partial charge is 0.233 e. The van der Waals surface area contributed by atoms with Crippen molar-refractivity contribution in [2.75, 3.05) is 36.4 Å². The number of piperidine rings is 1. The van der Waals surface area contributed by atoms with Gasteiger partial charge < -0.3 is 26.6 Å². The number of carbonyl (C=O) groups excluding carboxylic acids is 1. The predicted molar refractivity (Wildman–Crippen MR) is 103 cm³/mol. The highest BCUT2D eigenvalue weighted by molar-refractivity contribution is 5.89. The standard InChI is InChI=1S/C18H30N6O/c1-13(2)21-12-17(25)22-11-14-7-9-24(10-8-14)16-5-3-15(4-6-16)23-18(19)20/h3-6,13-14,21H,7-12H2,1-2H3,(H,22,25)(H4,19,20,23). The fourth-order valence-electron chi connectivity index (χ4n) is 2.92. The van der Waals surface area contributed by atoms with Crippen molar-refractivity contribution in [2.45, 2.75) is 32.7 Å². The lowest BCUT2D eigenvalue weighted by atomic mass is 9.96. The third-order valence-electron chi connectivity index (χ3n) is 4.38. The monoisotopic (exact) mass is 346 g/mol. The Morgan fingerprint density at radius 1 is 1.28 bits per heavy atom. The maximum atomic E-state index is 11.8. The van der Waals surface area contributed by atoms with Crippen LogP contribution in [-0.4, -0.2) is 44.1 Å². The van der Waals surface area contributed by atoms with Crippen LogP contribution in [0, 0.1) is 11.3 Å². The molecule has 0 unspecified atom stereocenters. The number of carbonyl (C=O) groups is 1. The van der Waals surface area contributed by atoms with Gasteiger partial charge in [-0.15, -0.1) is 0 Å². The number of amides is 1. The largest absolute Gasteiger partial charge is 0.372 e. The molecule has 0 aromatic heterocycles. The molecule has 0 bridgehead atoms. The maximum Gasteiger partial charge on any atom is 0.233 e. The van der Waals surface area contributed by atoms with Crippen LogP contribution in [0.4, 0.5) is 11.4 Å². The average molecular weight is 346 g/mol. The van der Waals surface area contributed by atoms with Gasteiger partial charge in [0.2, 0.25) is 5.91 Å². The Hall–Kier alpha value is -2.28. The molecule has 1 amide bonds. The summed E-state index contributed by atoms with van der Waals surface area (Å²) in [4.78, 5) is 14.1. The van der Waals surface area contributed by atoms with Gasteiger partial charge >= 0.3 is 0 Å². The molecular formula is C18H30N6O. The SMILES string of the molecule is CC(C)NCC(=O)NCC1CCN(c2ccc(NC(=N)N)cc2)CC1. The molecule has 138 valence electrons. The number of rotatable bonds is 7. The average Bonchev–Trinajstić information content (AvgIpc) is 2.59. The van der Waals surface area contributed by atoms with Gasteiger partial charge in [0.25, 0.3) is 0 Å². The van der Waals surface area contributed by atoms with Crippen LogP contribution >= 0.6 is 0 Å². The molecule has 0 aliphatic carbocycles. The zero-order chi connectivity index (χ0) is 18.2. The second kappa shape index (κ2) is 9.27. The summed E-state index contributed by atoms with van der Waals surface area (Å²) in [5, 5.41) is 16.2. The highest BCUT2D eigenvalue weighted by Gasteiger charge is 2.20. The lowest BCUT2D eigenvalue weighted by molar-refractivity contribution is -0.120. The number of benzene rings is 1. The Labute approximate surface area is 149 Å². The van der Waals surface area contributed by atoms with Gasteiger partial charge in [0.15, 0.2) is 5.96 Å². The van der Waals surface area contributed by atoms with E-state index in [2.05, 4.69) is 20.9 Å². The summed E-state index contributed by atoms with van der Waals surface area (Å²) in [5.74, 6) is 0.557. The number of hydrogen-bond acceptors (Lipinski definition) is 4. The summed E-state index contributed by atoms with van der Waals surface area (Å²) in [6, 6.07) is 8.29. The molecule has 0 radical (unpaired) electrons. The van der Waals surface area contributed by atoms with E-state index in [0.29, 0.717) is 18.5 Å². The van der Waals surface area contributed by atoms with Crippen molar-refractivity contribution in [2.24, 2.45) is 11.7 Å². The first-order chi connectivity index (χ1) is 11.9. The van der Waals surface area contributed by atoms with Crippen LogP contribution in [0.5, 0.6) is 0 Å². The molecule has 1 aromatic rings. The number of hydrogen-bond donors (Lipinski definition) is 5. The Morgan fingerprint density at radius 2 is 1.92 bits per heavy atom. The lowest BCUT2D eigenvalue weighted by Gasteiger charge is -2.33. The van der Waals surface area contributed by atoms with Gasteiger partial charge in [0, 0.05) is 37.1 Å². The summed E-state index contributed by atoms with van der Waals surface area (Å²) in [5.41, 5.74) is 7.33. The summed E-state index contributed by atoms with van der Waals surface area (Å²) in [7, 11) is 0. The third-order valence-corrected chi connectivity index (χ3v) is 4.38. The topological polar surface area (TPSA) is 106 Å². The van der Waals surface area contributed by atoms with Crippen LogP contribution in [0.3, 0.4) is 0 Å². The first kappa shape index (κ1) is 19.1. The van der Waals surface area contributed by atoms with Gasteiger partial charge in [0.05, 0.1) is 6.54 Å². The van der Waals surface area contributed by atoms with Crippen molar-refractivity contribution >= 4 is 23.2 Å². The molecule has 7 heteroatoms. The molecule has 0 saturated carbocycles. The van der Waals surface area contributed by atoms with Crippen molar-refractivity contribution in [3.8, 4) is 0 Å². The van der Waals surface area contributed by atoms with Crippen molar-refractivity contribution in [3.63, 3.8) is 0 Å². The molecule has 0 spiro atoms. The first-order valence-electron chi connectivity index (χ1n) is 8.90.